The lowest BCUT2D eigenvalue weighted by atomic mass is 9.91. The maximum atomic E-state index is 4.16. The van der Waals surface area contributed by atoms with Crippen molar-refractivity contribution in [1.82, 2.24) is 0 Å². The zero-order chi connectivity index (χ0) is 20.8. The molecule has 0 bridgehead atoms. The van der Waals surface area contributed by atoms with Gasteiger partial charge < -0.3 is 0 Å². The molecule has 3 rings (SSSR count). The maximum absolute atomic E-state index is 4.16. The van der Waals surface area contributed by atoms with E-state index in [4.69, 9.17) is 0 Å². The van der Waals surface area contributed by atoms with Crippen LogP contribution in [0.2, 0.25) is 0 Å². The van der Waals surface area contributed by atoms with Gasteiger partial charge in [0.25, 0.3) is 0 Å². The third-order valence-electron chi connectivity index (χ3n) is 5.10. The maximum Gasteiger partial charge on any atom is 0.0133 e. The van der Waals surface area contributed by atoms with Gasteiger partial charge in [0.1, 0.15) is 0 Å². The highest BCUT2D eigenvalue weighted by Gasteiger charge is 2.09. The van der Waals surface area contributed by atoms with Crippen LogP contribution in [0, 0.1) is 6.92 Å². The van der Waals surface area contributed by atoms with Crippen molar-refractivity contribution in [3.8, 4) is 11.1 Å². The van der Waals surface area contributed by atoms with Crippen LogP contribution in [0.3, 0.4) is 0 Å². The van der Waals surface area contributed by atoms with Crippen LogP contribution in [0.25, 0.3) is 11.1 Å². The molecule has 0 aliphatic heterocycles. The number of hydrogen-bond acceptors (Lipinski definition) is 0. The average molecular weight is 490 g/mol. The van der Waals surface area contributed by atoms with Gasteiger partial charge in [-0.2, -0.15) is 0 Å². The first kappa shape index (κ1) is 21.3. The van der Waals surface area contributed by atoms with E-state index in [0.717, 1.165) is 27.6 Å². The summed E-state index contributed by atoms with van der Waals surface area (Å²) in [5.41, 5.74) is 9.74. The molecule has 0 saturated heterocycles. The van der Waals surface area contributed by atoms with Crippen LogP contribution in [0.15, 0.2) is 112 Å². The Kier molecular flexibility index (Phi) is 7.27. The Bertz CT molecular complexity index is 1060. The van der Waals surface area contributed by atoms with E-state index >= 15 is 0 Å². The van der Waals surface area contributed by atoms with Crippen molar-refractivity contribution in [3.05, 3.63) is 129 Å². The van der Waals surface area contributed by atoms with Crippen LogP contribution in [0.5, 0.6) is 0 Å². The summed E-state index contributed by atoms with van der Waals surface area (Å²) >= 11 is 2.35. The highest BCUT2D eigenvalue weighted by atomic mass is 127. The predicted molar refractivity (Wildman–Crippen MR) is 136 cm³/mol. The van der Waals surface area contributed by atoms with Crippen LogP contribution in [-0.4, -0.2) is 0 Å². The molecule has 0 unspecified atom stereocenters. The van der Waals surface area contributed by atoms with E-state index in [1.54, 1.807) is 0 Å². The van der Waals surface area contributed by atoms with Crippen molar-refractivity contribution in [1.29, 1.82) is 0 Å². The van der Waals surface area contributed by atoms with E-state index in [1.165, 1.54) is 33.4 Å². The van der Waals surface area contributed by atoms with Gasteiger partial charge in [0, 0.05) is 3.58 Å². The van der Waals surface area contributed by atoms with Crippen LogP contribution in [-0.2, 0) is 12.8 Å². The van der Waals surface area contributed by atoms with Gasteiger partial charge >= 0.3 is 0 Å². The summed E-state index contributed by atoms with van der Waals surface area (Å²) in [6, 6.07) is 15.5. The molecule has 0 nitrogen and oxygen atoms in total. The average Bonchev–Trinajstić information content (AvgIpc) is 2.71. The molecule has 0 N–H and O–H groups in total. The van der Waals surface area contributed by atoms with E-state index < -0.39 is 0 Å². The largest absolute Gasteiger partial charge is 0.0912 e. The highest BCUT2D eigenvalue weighted by molar-refractivity contribution is 14.1. The summed E-state index contributed by atoms with van der Waals surface area (Å²) in [5, 5.41) is 0. The predicted octanol–water partition coefficient (Wildman–Crippen LogP) is 8.25. The SMILES string of the molecule is C=C1/C=C\C(C)=C/Cc2ccccc2-c2cc(C)ccc2C/C=C\C(I)=C/C1=C. The quantitative estimate of drug-likeness (QED) is 0.326. The molecular formula is C28H27I. The van der Waals surface area contributed by atoms with Crippen LogP contribution in [0.1, 0.15) is 23.6 Å². The van der Waals surface area contributed by atoms with Gasteiger partial charge in [-0.15, -0.1) is 0 Å². The molecule has 0 heterocycles. The fraction of sp³-hybridized carbons (Fsp3) is 0.143. The van der Waals surface area contributed by atoms with Crippen molar-refractivity contribution in [2.45, 2.75) is 26.7 Å². The Morgan fingerprint density at radius 2 is 1.55 bits per heavy atom. The molecule has 2 aromatic carbocycles. The summed E-state index contributed by atoms with van der Waals surface area (Å²) in [5.74, 6) is 0. The van der Waals surface area contributed by atoms with Gasteiger partial charge in [0.05, 0.1) is 0 Å². The Hall–Kier alpha value is -2.39. The second kappa shape index (κ2) is 9.89. The van der Waals surface area contributed by atoms with E-state index in [9.17, 15) is 0 Å². The second-order valence-corrected chi connectivity index (χ2v) is 8.74. The van der Waals surface area contributed by atoms with Gasteiger partial charge in [0.15, 0.2) is 0 Å². The standard InChI is InChI=1S/C28H27I/c1-20-12-15-22(3)23(4)19-26(29)10-7-9-25-17-14-21(2)18-28(25)27-11-6-5-8-24(27)16-13-20/h5-8,10-15,17-19H,3-4,9,16H2,1-2H3/b10-7-,15-12-,20-13-,26-19+. The van der Waals surface area contributed by atoms with Gasteiger partial charge in [0.2, 0.25) is 0 Å². The first-order valence-electron chi connectivity index (χ1n) is 9.88. The fourth-order valence-corrected chi connectivity index (χ4v) is 3.99. The lowest BCUT2D eigenvalue weighted by Gasteiger charge is -2.14. The summed E-state index contributed by atoms with van der Waals surface area (Å²) in [7, 11) is 0. The molecule has 1 heteroatoms. The van der Waals surface area contributed by atoms with Crippen LogP contribution in [0.4, 0.5) is 0 Å². The molecule has 0 amide bonds. The summed E-state index contributed by atoms with van der Waals surface area (Å²) < 4.78 is 1.15. The van der Waals surface area contributed by atoms with Gasteiger partial charge in [-0.1, -0.05) is 97.1 Å². The van der Waals surface area contributed by atoms with Gasteiger partial charge in [-0.3, -0.25) is 0 Å². The van der Waals surface area contributed by atoms with E-state index in [1.807, 2.05) is 0 Å². The van der Waals surface area contributed by atoms with E-state index in [-0.39, 0.29) is 0 Å². The minimum absolute atomic E-state index is 0.895. The monoisotopic (exact) mass is 490 g/mol. The van der Waals surface area contributed by atoms with Crippen LogP contribution < -0.4 is 0 Å². The van der Waals surface area contributed by atoms with E-state index in [2.05, 4.69) is 129 Å². The molecule has 0 atom stereocenters. The second-order valence-electron chi connectivity index (χ2n) is 7.49. The molecule has 0 spiro atoms. The van der Waals surface area contributed by atoms with Crippen LogP contribution >= 0.6 is 22.6 Å². The van der Waals surface area contributed by atoms with Crippen molar-refractivity contribution < 1.29 is 0 Å². The minimum atomic E-state index is 0.895. The number of hydrogen-bond donors (Lipinski definition) is 0. The first-order valence-corrected chi connectivity index (χ1v) is 11.0. The molecular weight excluding hydrogens is 463 g/mol. The van der Waals surface area contributed by atoms with E-state index in [0.29, 0.717) is 0 Å². The minimum Gasteiger partial charge on any atom is -0.0912 e. The number of benzene rings is 2. The molecule has 1 aliphatic rings. The number of allylic oxidation sites excluding steroid dienone is 10. The molecule has 2 aromatic rings. The number of halogens is 1. The summed E-state index contributed by atoms with van der Waals surface area (Å²) in [6.45, 7) is 12.6. The Morgan fingerprint density at radius 3 is 2.38 bits per heavy atom. The molecule has 0 fully saturated rings. The number of fused-ring (bicyclic) bond motifs is 3. The van der Waals surface area contributed by atoms with Crippen molar-refractivity contribution >= 4 is 22.6 Å². The number of rotatable bonds is 0. The molecule has 0 saturated carbocycles. The highest BCUT2D eigenvalue weighted by Crippen LogP contribution is 2.30. The van der Waals surface area contributed by atoms with Gasteiger partial charge in [-0.05, 0) is 88.8 Å². The molecule has 1 aliphatic carbocycles. The third kappa shape index (κ3) is 5.80. The Labute approximate surface area is 188 Å². The third-order valence-corrected chi connectivity index (χ3v) is 5.77. The summed E-state index contributed by atoms with van der Waals surface area (Å²) in [4.78, 5) is 0. The molecule has 0 radical (unpaired) electrons. The molecule has 29 heavy (non-hydrogen) atoms. The Morgan fingerprint density at radius 1 is 0.793 bits per heavy atom. The topological polar surface area (TPSA) is 0 Å². The Balaban J connectivity index is 2.13. The number of aryl methyl sites for hydroxylation is 1. The van der Waals surface area contributed by atoms with Gasteiger partial charge in [-0.25, -0.2) is 0 Å². The zero-order valence-corrected chi connectivity index (χ0v) is 19.4. The fourth-order valence-electron chi connectivity index (χ4n) is 3.36. The molecule has 0 aromatic heterocycles. The van der Waals surface area contributed by atoms with Crippen molar-refractivity contribution in [3.63, 3.8) is 0 Å². The lowest BCUT2D eigenvalue weighted by molar-refractivity contribution is 1.21. The summed E-state index contributed by atoms with van der Waals surface area (Å²) in [6.07, 6.45) is 14.7. The molecule has 146 valence electrons. The smallest absolute Gasteiger partial charge is 0.0133 e. The van der Waals surface area contributed by atoms with Crippen molar-refractivity contribution in [2.75, 3.05) is 0 Å². The normalized spacial score (nSPS) is 21.2. The lowest BCUT2D eigenvalue weighted by Crippen LogP contribution is -1.94. The first-order chi connectivity index (χ1) is 13.9. The zero-order valence-electron chi connectivity index (χ0n) is 17.2. The van der Waals surface area contributed by atoms with Crippen molar-refractivity contribution in [2.24, 2.45) is 0 Å².